The number of hydrogen-bond acceptors (Lipinski definition) is 6. The van der Waals surface area contributed by atoms with E-state index >= 15 is 0 Å². The molecule has 3 aromatic rings. The SMILES string of the molecule is O=C(NC(=S)Nc1ccc(S(=O)(=O)N2CCOCC2)cc1)c1cc(Br)ccc1OCCc1ccccc1. The molecular formula is C26H26BrN3O5S2. The summed E-state index contributed by atoms with van der Waals surface area (Å²) in [5.74, 6) is 0.0112. The van der Waals surface area contributed by atoms with Gasteiger partial charge >= 0.3 is 0 Å². The summed E-state index contributed by atoms with van der Waals surface area (Å²) in [6.07, 6.45) is 0.704. The minimum Gasteiger partial charge on any atom is -0.492 e. The van der Waals surface area contributed by atoms with E-state index in [2.05, 4.69) is 26.6 Å². The molecule has 1 heterocycles. The Kier molecular flexibility index (Phi) is 9.28. The minimum absolute atomic E-state index is 0.0731. The van der Waals surface area contributed by atoms with E-state index in [9.17, 15) is 13.2 Å². The molecule has 0 radical (unpaired) electrons. The van der Waals surface area contributed by atoms with E-state index in [-0.39, 0.29) is 10.0 Å². The van der Waals surface area contributed by atoms with Gasteiger partial charge in [-0.2, -0.15) is 4.31 Å². The van der Waals surface area contributed by atoms with Crippen LogP contribution in [0.5, 0.6) is 5.75 Å². The first-order valence-electron chi connectivity index (χ1n) is 11.6. The van der Waals surface area contributed by atoms with Crippen molar-refractivity contribution >= 4 is 54.9 Å². The molecule has 1 saturated heterocycles. The second-order valence-corrected chi connectivity index (χ2v) is 11.4. The molecule has 0 aliphatic carbocycles. The second-order valence-electron chi connectivity index (χ2n) is 8.17. The number of anilines is 1. The molecule has 1 amide bonds. The van der Waals surface area contributed by atoms with E-state index < -0.39 is 15.9 Å². The van der Waals surface area contributed by atoms with Crippen LogP contribution in [0.1, 0.15) is 15.9 Å². The normalized spacial score (nSPS) is 14.1. The van der Waals surface area contributed by atoms with Gasteiger partial charge in [0.25, 0.3) is 5.91 Å². The van der Waals surface area contributed by atoms with E-state index in [0.717, 1.165) is 10.0 Å². The van der Waals surface area contributed by atoms with Crippen LogP contribution in [0.4, 0.5) is 5.69 Å². The van der Waals surface area contributed by atoms with E-state index in [0.29, 0.717) is 56.3 Å². The monoisotopic (exact) mass is 603 g/mol. The van der Waals surface area contributed by atoms with Gasteiger partial charge in [0.15, 0.2) is 5.11 Å². The fourth-order valence-corrected chi connectivity index (χ4v) is 5.69. The molecule has 37 heavy (non-hydrogen) atoms. The molecule has 4 rings (SSSR count). The maximum atomic E-state index is 13.0. The van der Waals surface area contributed by atoms with Crippen LogP contribution in [0.25, 0.3) is 0 Å². The zero-order valence-electron chi connectivity index (χ0n) is 19.9. The number of nitrogens with zero attached hydrogens (tertiary/aromatic N) is 1. The first-order valence-corrected chi connectivity index (χ1v) is 14.2. The summed E-state index contributed by atoms with van der Waals surface area (Å²) in [6, 6.07) is 21.4. The zero-order valence-corrected chi connectivity index (χ0v) is 23.1. The summed E-state index contributed by atoms with van der Waals surface area (Å²) >= 11 is 8.71. The van der Waals surface area contributed by atoms with E-state index in [4.69, 9.17) is 21.7 Å². The Hall–Kier alpha value is -2.83. The molecule has 1 fully saturated rings. The first kappa shape index (κ1) is 27.2. The van der Waals surface area contributed by atoms with Gasteiger partial charge in [-0.15, -0.1) is 0 Å². The van der Waals surface area contributed by atoms with Crippen LogP contribution in [-0.4, -0.2) is 56.7 Å². The highest BCUT2D eigenvalue weighted by Gasteiger charge is 2.26. The van der Waals surface area contributed by atoms with Crippen LogP contribution < -0.4 is 15.4 Å². The average Bonchev–Trinajstić information content (AvgIpc) is 2.91. The smallest absolute Gasteiger partial charge is 0.261 e. The molecule has 1 aliphatic rings. The predicted molar refractivity (Wildman–Crippen MR) is 149 cm³/mol. The number of morpholine rings is 1. The quantitative estimate of drug-likeness (QED) is 0.372. The topological polar surface area (TPSA) is 97.0 Å². The van der Waals surface area contributed by atoms with Crippen LogP contribution in [0.15, 0.2) is 82.2 Å². The molecule has 8 nitrogen and oxygen atoms in total. The highest BCUT2D eigenvalue weighted by Crippen LogP contribution is 2.24. The standard InChI is InChI=1S/C26H26BrN3O5S2/c27-20-6-11-24(35-15-12-19-4-2-1-3-5-19)23(18-20)25(31)29-26(36)28-21-7-9-22(10-8-21)37(32,33)30-13-16-34-17-14-30/h1-11,18H,12-17H2,(H2,28,29,31,36). The van der Waals surface area contributed by atoms with Gasteiger partial charge in [0, 0.05) is 29.7 Å². The third-order valence-electron chi connectivity index (χ3n) is 5.62. The molecular weight excluding hydrogens is 578 g/mol. The fraction of sp³-hybridized carbons (Fsp3) is 0.231. The van der Waals surface area contributed by atoms with Crippen LogP contribution in [0.2, 0.25) is 0 Å². The Bertz CT molecular complexity index is 1350. The van der Waals surface area contributed by atoms with E-state index in [1.807, 2.05) is 30.3 Å². The summed E-state index contributed by atoms with van der Waals surface area (Å²) in [4.78, 5) is 13.2. The van der Waals surface area contributed by atoms with Crippen molar-refractivity contribution in [2.24, 2.45) is 0 Å². The Morgan fingerprint density at radius 1 is 1.03 bits per heavy atom. The maximum Gasteiger partial charge on any atom is 0.261 e. The molecule has 1 aliphatic heterocycles. The van der Waals surface area contributed by atoms with Gasteiger partial charge in [-0.1, -0.05) is 46.3 Å². The van der Waals surface area contributed by atoms with Crippen molar-refractivity contribution in [3.63, 3.8) is 0 Å². The highest BCUT2D eigenvalue weighted by molar-refractivity contribution is 9.10. The Labute approximate surface area is 230 Å². The number of carbonyl (C=O) groups is 1. The van der Waals surface area contributed by atoms with Gasteiger partial charge in [-0.05, 0) is 60.2 Å². The summed E-state index contributed by atoms with van der Waals surface area (Å²) < 4.78 is 38.8. The molecule has 2 N–H and O–H groups in total. The number of halogens is 1. The largest absolute Gasteiger partial charge is 0.492 e. The number of carbonyl (C=O) groups excluding carboxylic acids is 1. The van der Waals surface area contributed by atoms with Crippen LogP contribution in [0, 0.1) is 0 Å². The third-order valence-corrected chi connectivity index (χ3v) is 8.23. The summed E-state index contributed by atoms with van der Waals surface area (Å²) in [7, 11) is -3.59. The summed E-state index contributed by atoms with van der Waals surface area (Å²) in [5.41, 5.74) is 2.01. The molecule has 0 atom stereocenters. The molecule has 0 spiro atoms. The van der Waals surface area contributed by atoms with Crippen molar-refractivity contribution < 1.29 is 22.7 Å². The maximum absolute atomic E-state index is 13.0. The Balaban J connectivity index is 1.36. The predicted octanol–water partition coefficient (Wildman–Crippen LogP) is 4.22. The van der Waals surface area contributed by atoms with Crippen molar-refractivity contribution in [2.75, 3.05) is 38.2 Å². The van der Waals surface area contributed by atoms with Crippen LogP contribution in [-0.2, 0) is 21.2 Å². The first-order chi connectivity index (χ1) is 17.8. The van der Waals surface area contributed by atoms with Crippen LogP contribution in [0.3, 0.4) is 0 Å². The van der Waals surface area contributed by atoms with Gasteiger partial charge in [-0.25, -0.2) is 8.42 Å². The lowest BCUT2D eigenvalue weighted by Gasteiger charge is -2.26. The number of amides is 1. The molecule has 194 valence electrons. The lowest BCUT2D eigenvalue weighted by molar-refractivity contribution is 0.0730. The number of thiocarbonyl (C=S) groups is 1. The molecule has 0 unspecified atom stereocenters. The lowest BCUT2D eigenvalue weighted by atomic mass is 10.1. The number of rotatable bonds is 8. The Morgan fingerprint density at radius 3 is 2.43 bits per heavy atom. The Morgan fingerprint density at radius 2 is 1.73 bits per heavy atom. The third kappa shape index (κ3) is 7.36. The molecule has 0 aromatic heterocycles. The van der Waals surface area contributed by atoms with Crippen LogP contribution >= 0.6 is 28.1 Å². The molecule has 0 saturated carbocycles. The number of hydrogen-bond donors (Lipinski definition) is 2. The van der Waals surface area contributed by atoms with Crippen molar-refractivity contribution in [3.05, 3.63) is 88.4 Å². The fourth-order valence-electron chi connectivity index (χ4n) is 3.71. The van der Waals surface area contributed by atoms with Gasteiger partial charge < -0.3 is 14.8 Å². The summed E-state index contributed by atoms with van der Waals surface area (Å²) in [5, 5.41) is 5.65. The van der Waals surface area contributed by atoms with Gasteiger partial charge in [0.2, 0.25) is 10.0 Å². The number of ether oxygens (including phenoxy) is 2. The lowest BCUT2D eigenvalue weighted by Crippen LogP contribution is -2.40. The van der Waals surface area contributed by atoms with Gasteiger partial charge in [0.05, 0.1) is 30.3 Å². The molecule has 11 heteroatoms. The highest BCUT2D eigenvalue weighted by atomic mass is 79.9. The van der Waals surface area contributed by atoms with Gasteiger partial charge in [0.1, 0.15) is 5.75 Å². The molecule has 0 bridgehead atoms. The number of nitrogens with one attached hydrogen (secondary N) is 2. The van der Waals surface area contributed by atoms with Crippen molar-refractivity contribution in [3.8, 4) is 5.75 Å². The van der Waals surface area contributed by atoms with E-state index in [1.54, 1.807) is 30.3 Å². The van der Waals surface area contributed by atoms with E-state index in [1.165, 1.54) is 16.4 Å². The van der Waals surface area contributed by atoms with Gasteiger partial charge in [-0.3, -0.25) is 10.1 Å². The van der Waals surface area contributed by atoms with Crippen molar-refractivity contribution in [1.29, 1.82) is 0 Å². The van der Waals surface area contributed by atoms with Crippen molar-refractivity contribution in [1.82, 2.24) is 9.62 Å². The number of sulfonamides is 1. The molecule has 3 aromatic carbocycles. The summed E-state index contributed by atoms with van der Waals surface area (Å²) in [6.45, 7) is 1.82. The minimum atomic E-state index is -3.59. The zero-order chi connectivity index (χ0) is 26.3. The second kappa shape index (κ2) is 12.6. The van der Waals surface area contributed by atoms with Crippen molar-refractivity contribution in [2.45, 2.75) is 11.3 Å². The average molecular weight is 605 g/mol. The number of benzene rings is 3.